The third kappa shape index (κ3) is 3.36. The Morgan fingerprint density at radius 1 is 1.13 bits per heavy atom. The quantitative estimate of drug-likeness (QED) is 0.887. The molecule has 6 nitrogen and oxygen atoms in total. The van der Waals surface area contributed by atoms with Gasteiger partial charge in [0.2, 0.25) is 0 Å². The predicted octanol–water partition coefficient (Wildman–Crippen LogP) is 2.55. The van der Waals surface area contributed by atoms with Crippen molar-refractivity contribution < 1.29 is 4.74 Å². The lowest BCUT2D eigenvalue weighted by atomic mass is 9.90. The van der Waals surface area contributed by atoms with Crippen molar-refractivity contribution in [3.8, 4) is 0 Å². The number of imidazole rings is 1. The largest absolute Gasteiger partial charge is 0.379 e. The lowest BCUT2D eigenvalue weighted by Gasteiger charge is -2.39. The van der Waals surface area contributed by atoms with E-state index in [4.69, 9.17) is 4.74 Å². The fourth-order valence-corrected chi connectivity index (χ4v) is 4.02. The van der Waals surface area contributed by atoms with Crippen molar-refractivity contribution in [1.29, 1.82) is 0 Å². The van der Waals surface area contributed by atoms with Crippen LogP contribution in [-0.2, 0) is 4.74 Å². The first kappa shape index (κ1) is 15.4. The van der Waals surface area contributed by atoms with E-state index in [0.717, 1.165) is 48.4 Å². The molecule has 7 heteroatoms. The zero-order valence-electron chi connectivity index (χ0n) is 13.1. The van der Waals surface area contributed by atoms with Crippen molar-refractivity contribution in [3.05, 3.63) is 22.9 Å². The number of rotatable bonds is 3. The number of hydrogen-bond donors (Lipinski definition) is 1. The molecule has 1 N–H and O–H groups in total. The van der Waals surface area contributed by atoms with Gasteiger partial charge in [0.05, 0.1) is 19.4 Å². The predicted molar refractivity (Wildman–Crippen MR) is 92.7 cm³/mol. The molecule has 0 amide bonds. The molecule has 0 aromatic carbocycles. The zero-order chi connectivity index (χ0) is 15.6. The molecule has 2 fully saturated rings. The number of hydrogen-bond acceptors (Lipinski definition) is 5. The maximum Gasteiger partial charge on any atom is 0.154 e. The number of nitrogens with one attached hydrogen (secondary N) is 1. The van der Waals surface area contributed by atoms with Crippen LogP contribution in [0.3, 0.4) is 0 Å². The van der Waals surface area contributed by atoms with E-state index < -0.39 is 0 Å². The molecule has 1 aliphatic carbocycles. The van der Waals surface area contributed by atoms with Gasteiger partial charge >= 0.3 is 0 Å². The summed E-state index contributed by atoms with van der Waals surface area (Å²) in [5, 5.41) is 8.20. The van der Waals surface area contributed by atoms with E-state index in [-0.39, 0.29) is 0 Å². The van der Waals surface area contributed by atoms with Gasteiger partial charge in [-0.05, 0) is 53.7 Å². The molecule has 0 spiro atoms. The molecule has 2 aromatic heterocycles. The van der Waals surface area contributed by atoms with Crippen molar-refractivity contribution in [3.63, 3.8) is 0 Å². The lowest BCUT2D eigenvalue weighted by Crippen LogP contribution is -2.46. The Bertz CT molecular complexity index is 662. The van der Waals surface area contributed by atoms with Crippen LogP contribution in [-0.4, -0.2) is 57.9 Å². The smallest absolute Gasteiger partial charge is 0.154 e. The van der Waals surface area contributed by atoms with Gasteiger partial charge in [0.25, 0.3) is 0 Å². The molecule has 0 unspecified atom stereocenters. The van der Waals surface area contributed by atoms with E-state index in [2.05, 4.69) is 36.2 Å². The second-order valence-electron chi connectivity index (χ2n) is 6.37. The fourth-order valence-electron chi connectivity index (χ4n) is 3.66. The normalized spacial score (nSPS) is 26.5. The average Bonchev–Trinajstić information content (AvgIpc) is 2.97. The van der Waals surface area contributed by atoms with Gasteiger partial charge in [0.1, 0.15) is 10.4 Å². The first-order valence-corrected chi connectivity index (χ1v) is 9.17. The lowest BCUT2D eigenvalue weighted by molar-refractivity contribution is 0.00790. The molecule has 23 heavy (non-hydrogen) atoms. The second-order valence-corrected chi connectivity index (χ2v) is 7.18. The minimum absolute atomic E-state index is 0.513. The van der Waals surface area contributed by atoms with Crippen LogP contribution in [0.1, 0.15) is 25.7 Å². The standard InChI is InChI=1S/C16H22BrN5O/c17-14-11-18-16-6-5-15(20-22(14)16)19-12-1-3-13(4-2-12)21-7-9-23-10-8-21/h5-6,11-13H,1-4,7-10H2,(H,19,20). The summed E-state index contributed by atoms with van der Waals surface area (Å²) in [6.07, 6.45) is 6.70. The zero-order valence-corrected chi connectivity index (χ0v) is 14.7. The summed E-state index contributed by atoms with van der Waals surface area (Å²) in [6.45, 7) is 3.97. The molecule has 0 atom stereocenters. The molecule has 2 aliphatic rings. The topological polar surface area (TPSA) is 54.7 Å². The Hall–Kier alpha value is -1.18. The minimum Gasteiger partial charge on any atom is -0.379 e. The SMILES string of the molecule is Brc1cnc2ccc(NC3CCC(N4CCOCC4)CC3)nn12. The van der Waals surface area contributed by atoms with Crippen LogP contribution < -0.4 is 5.32 Å². The molecule has 1 saturated carbocycles. The number of morpholine rings is 1. The molecule has 0 bridgehead atoms. The fraction of sp³-hybridized carbons (Fsp3) is 0.625. The molecular formula is C16H22BrN5O. The van der Waals surface area contributed by atoms with Crippen LogP contribution in [0.25, 0.3) is 5.65 Å². The van der Waals surface area contributed by atoms with Gasteiger partial charge in [-0.25, -0.2) is 9.50 Å². The third-order valence-electron chi connectivity index (χ3n) is 4.93. The van der Waals surface area contributed by atoms with Gasteiger partial charge in [-0.15, -0.1) is 5.10 Å². The van der Waals surface area contributed by atoms with Crippen LogP contribution in [0.4, 0.5) is 5.82 Å². The van der Waals surface area contributed by atoms with Crippen LogP contribution in [0.5, 0.6) is 0 Å². The number of anilines is 1. The Balaban J connectivity index is 1.35. The molecule has 4 rings (SSSR count). The van der Waals surface area contributed by atoms with Gasteiger partial charge < -0.3 is 10.1 Å². The van der Waals surface area contributed by atoms with Gasteiger partial charge in [0, 0.05) is 25.2 Å². The number of ether oxygens (including phenoxy) is 1. The van der Waals surface area contributed by atoms with Crippen LogP contribution >= 0.6 is 15.9 Å². The van der Waals surface area contributed by atoms with E-state index in [1.165, 1.54) is 25.7 Å². The van der Waals surface area contributed by atoms with Gasteiger partial charge in [-0.2, -0.15) is 0 Å². The van der Waals surface area contributed by atoms with E-state index in [9.17, 15) is 0 Å². The van der Waals surface area contributed by atoms with E-state index >= 15 is 0 Å². The van der Waals surface area contributed by atoms with E-state index in [1.807, 2.05) is 16.6 Å². The molecule has 1 saturated heterocycles. The second kappa shape index (κ2) is 6.75. The average molecular weight is 380 g/mol. The molecular weight excluding hydrogens is 358 g/mol. The van der Waals surface area contributed by atoms with Gasteiger partial charge in [-0.1, -0.05) is 0 Å². The molecule has 2 aromatic rings. The first-order valence-electron chi connectivity index (χ1n) is 8.38. The van der Waals surface area contributed by atoms with Crippen molar-refractivity contribution in [2.45, 2.75) is 37.8 Å². The maximum atomic E-state index is 5.46. The summed E-state index contributed by atoms with van der Waals surface area (Å²) >= 11 is 3.47. The summed E-state index contributed by atoms with van der Waals surface area (Å²) in [6, 6.07) is 5.26. The van der Waals surface area contributed by atoms with Gasteiger partial charge in [-0.3, -0.25) is 4.90 Å². The minimum atomic E-state index is 0.513. The van der Waals surface area contributed by atoms with Crippen molar-refractivity contribution in [2.75, 3.05) is 31.6 Å². The summed E-state index contributed by atoms with van der Waals surface area (Å²) in [5.41, 5.74) is 0.860. The highest BCUT2D eigenvalue weighted by Gasteiger charge is 2.27. The summed E-state index contributed by atoms with van der Waals surface area (Å²) in [5.74, 6) is 0.922. The molecule has 124 valence electrons. The van der Waals surface area contributed by atoms with Crippen molar-refractivity contribution in [1.82, 2.24) is 19.5 Å². The number of aromatic nitrogens is 3. The maximum absolute atomic E-state index is 5.46. The Morgan fingerprint density at radius 2 is 1.91 bits per heavy atom. The number of fused-ring (bicyclic) bond motifs is 1. The monoisotopic (exact) mass is 379 g/mol. The highest BCUT2D eigenvalue weighted by Crippen LogP contribution is 2.26. The van der Waals surface area contributed by atoms with Crippen LogP contribution in [0.15, 0.2) is 22.9 Å². The molecule has 0 radical (unpaired) electrons. The van der Waals surface area contributed by atoms with Crippen molar-refractivity contribution in [2.24, 2.45) is 0 Å². The first-order chi connectivity index (χ1) is 11.3. The number of nitrogens with zero attached hydrogens (tertiary/aromatic N) is 4. The Kier molecular flexibility index (Phi) is 4.50. The Labute approximate surface area is 144 Å². The van der Waals surface area contributed by atoms with E-state index in [0.29, 0.717) is 6.04 Å². The van der Waals surface area contributed by atoms with Crippen molar-refractivity contribution >= 4 is 27.4 Å². The van der Waals surface area contributed by atoms with Crippen LogP contribution in [0, 0.1) is 0 Å². The highest BCUT2D eigenvalue weighted by molar-refractivity contribution is 9.10. The summed E-state index contributed by atoms with van der Waals surface area (Å²) < 4.78 is 8.16. The summed E-state index contributed by atoms with van der Waals surface area (Å²) in [7, 11) is 0. The summed E-state index contributed by atoms with van der Waals surface area (Å²) in [4.78, 5) is 6.88. The van der Waals surface area contributed by atoms with E-state index in [1.54, 1.807) is 6.20 Å². The Morgan fingerprint density at radius 3 is 2.70 bits per heavy atom. The molecule has 1 aliphatic heterocycles. The number of halogens is 1. The third-order valence-corrected chi connectivity index (χ3v) is 5.47. The molecule has 3 heterocycles. The van der Waals surface area contributed by atoms with Crippen LogP contribution in [0.2, 0.25) is 0 Å². The highest BCUT2D eigenvalue weighted by atomic mass is 79.9. The van der Waals surface area contributed by atoms with Gasteiger partial charge in [0.15, 0.2) is 5.65 Å².